The van der Waals surface area contributed by atoms with Gasteiger partial charge in [0.15, 0.2) is 0 Å². The molecule has 2 aromatic carbocycles. The Bertz CT molecular complexity index is 933. The summed E-state index contributed by atoms with van der Waals surface area (Å²) in [6.45, 7) is 0.688. The van der Waals surface area contributed by atoms with Gasteiger partial charge in [-0.2, -0.15) is 0 Å². The van der Waals surface area contributed by atoms with E-state index in [0.29, 0.717) is 23.6 Å². The maximum Gasteiger partial charge on any atom is 0.224 e. The van der Waals surface area contributed by atoms with Crippen LogP contribution in [0.15, 0.2) is 42.5 Å². The highest BCUT2D eigenvalue weighted by molar-refractivity contribution is 6.31. The largest absolute Gasteiger partial charge is 0.488 e. The Balaban J connectivity index is 1.55. The zero-order chi connectivity index (χ0) is 23.6. The molecule has 2 saturated heterocycles. The van der Waals surface area contributed by atoms with Gasteiger partial charge in [-0.05, 0) is 41.8 Å². The molecule has 0 saturated carbocycles. The molecule has 4 N–H and O–H groups in total. The highest BCUT2D eigenvalue weighted by Crippen LogP contribution is 2.42. The van der Waals surface area contributed by atoms with Gasteiger partial charge in [0, 0.05) is 24.1 Å². The minimum absolute atomic E-state index is 0.0774. The van der Waals surface area contributed by atoms with Crippen molar-refractivity contribution in [3.8, 4) is 5.75 Å². The Kier molecular flexibility index (Phi) is 7.57. The fourth-order valence-corrected chi connectivity index (χ4v) is 4.50. The normalized spacial score (nSPS) is 30.5. The lowest BCUT2D eigenvalue weighted by molar-refractivity contribution is -0.263. The van der Waals surface area contributed by atoms with Crippen LogP contribution in [0.5, 0.6) is 5.75 Å². The highest BCUT2D eigenvalue weighted by atomic mass is 35.5. The Hall–Kier alpha value is -1.75. The standard InChI is InChI=1S/C24H29ClO8/c1-30-24(23(29)21(28)22(33-24)20(27)12-26)16-4-7-19(25)15(11-16)10-14-2-5-17(6-3-14)32-18-8-9-31-13-18/h2-7,11,18,20-23,26-29H,8-10,12-13H2,1H3/t18-,20?,21-,22+,23+,24-/m0/s1. The van der Waals surface area contributed by atoms with E-state index in [1.807, 2.05) is 24.3 Å². The first-order valence-corrected chi connectivity index (χ1v) is 11.3. The van der Waals surface area contributed by atoms with Gasteiger partial charge in [-0.25, -0.2) is 0 Å². The van der Waals surface area contributed by atoms with Crippen molar-refractivity contribution in [3.63, 3.8) is 0 Å². The molecular formula is C24H29ClO8. The molecule has 2 aliphatic heterocycles. The molecule has 180 valence electrons. The molecule has 0 aliphatic carbocycles. The van der Waals surface area contributed by atoms with Crippen molar-refractivity contribution >= 4 is 11.6 Å². The van der Waals surface area contributed by atoms with E-state index in [1.165, 1.54) is 7.11 Å². The van der Waals surface area contributed by atoms with Crippen LogP contribution in [0.4, 0.5) is 0 Å². The molecule has 2 aliphatic rings. The third-order valence-electron chi connectivity index (χ3n) is 6.19. The Labute approximate surface area is 197 Å². The lowest BCUT2D eigenvalue weighted by Crippen LogP contribution is -2.43. The van der Waals surface area contributed by atoms with Crippen LogP contribution in [-0.4, -0.2) is 77.9 Å². The van der Waals surface area contributed by atoms with Gasteiger partial charge in [-0.15, -0.1) is 0 Å². The molecule has 2 fully saturated rings. The van der Waals surface area contributed by atoms with Crippen LogP contribution in [0, 0.1) is 0 Å². The van der Waals surface area contributed by atoms with Crippen LogP contribution < -0.4 is 4.74 Å². The third kappa shape index (κ3) is 4.89. The number of aliphatic hydroxyl groups is 4. The molecule has 33 heavy (non-hydrogen) atoms. The van der Waals surface area contributed by atoms with Crippen molar-refractivity contribution in [2.45, 2.75) is 49.1 Å². The van der Waals surface area contributed by atoms with Crippen LogP contribution in [0.2, 0.25) is 5.02 Å². The zero-order valence-electron chi connectivity index (χ0n) is 18.3. The van der Waals surface area contributed by atoms with Crippen LogP contribution in [0.25, 0.3) is 0 Å². The Morgan fingerprint density at radius 1 is 1.18 bits per heavy atom. The summed E-state index contributed by atoms with van der Waals surface area (Å²) in [5, 5.41) is 40.9. The smallest absolute Gasteiger partial charge is 0.224 e. The number of halogens is 1. The fourth-order valence-electron chi connectivity index (χ4n) is 4.31. The summed E-state index contributed by atoms with van der Waals surface area (Å²) >= 11 is 6.45. The maximum atomic E-state index is 10.7. The lowest BCUT2D eigenvalue weighted by atomic mass is 9.94. The van der Waals surface area contributed by atoms with Crippen LogP contribution in [0.3, 0.4) is 0 Å². The Morgan fingerprint density at radius 2 is 1.94 bits per heavy atom. The molecule has 9 heteroatoms. The molecule has 4 rings (SSSR count). The van der Waals surface area contributed by atoms with E-state index < -0.39 is 36.8 Å². The molecule has 0 amide bonds. The molecule has 1 unspecified atom stereocenters. The van der Waals surface area contributed by atoms with E-state index in [4.69, 9.17) is 30.5 Å². The monoisotopic (exact) mass is 480 g/mol. The molecule has 8 nitrogen and oxygen atoms in total. The van der Waals surface area contributed by atoms with Crippen molar-refractivity contribution < 1.29 is 39.4 Å². The molecule has 0 spiro atoms. The van der Waals surface area contributed by atoms with E-state index in [0.717, 1.165) is 29.9 Å². The zero-order valence-corrected chi connectivity index (χ0v) is 19.0. The minimum Gasteiger partial charge on any atom is -0.488 e. The van der Waals surface area contributed by atoms with Crippen molar-refractivity contribution in [3.05, 3.63) is 64.2 Å². The predicted octanol–water partition coefficient (Wildman–Crippen LogP) is 1.37. The number of rotatable bonds is 8. The summed E-state index contributed by atoms with van der Waals surface area (Å²) in [5.74, 6) is -0.946. The second kappa shape index (κ2) is 10.2. The lowest BCUT2D eigenvalue weighted by Gasteiger charge is -2.31. The van der Waals surface area contributed by atoms with Gasteiger partial charge in [0.2, 0.25) is 5.79 Å². The maximum absolute atomic E-state index is 10.7. The van der Waals surface area contributed by atoms with E-state index in [9.17, 15) is 20.4 Å². The molecule has 2 aromatic rings. The van der Waals surface area contributed by atoms with Gasteiger partial charge in [0.05, 0.1) is 19.8 Å². The third-order valence-corrected chi connectivity index (χ3v) is 6.56. The van der Waals surface area contributed by atoms with Crippen molar-refractivity contribution in [1.82, 2.24) is 0 Å². The number of aliphatic hydroxyl groups excluding tert-OH is 4. The average Bonchev–Trinajstić information content (AvgIpc) is 3.43. The first-order valence-electron chi connectivity index (χ1n) is 10.9. The fraction of sp³-hybridized carbons (Fsp3) is 0.500. The van der Waals surface area contributed by atoms with Gasteiger partial charge < -0.3 is 39.4 Å². The summed E-state index contributed by atoms with van der Waals surface area (Å²) in [7, 11) is 1.34. The summed E-state index contributed by atoms with van der Waals surface area (Å²) in [6, 6.07) is 12.8. The predicted molar refractivity (Wildman–Crippen MR) is 119 cm³/mol. The van der Waals surface area contributed by atoms with Gasteiger partial charge in [-0.3, -0.25) is 0 Å². The highest BCUT2D eigenvalue weighted by Gasteiger charge is 2.57. The van der Waals surface area contributed by atoms with E-state index in [-0.39, 0.29) is 6.10 Å². The molecule has 0 bridgehead atoms. The van der Waals surface area contributed by atoms with Crippen molar-refractivity contribution in [2.24, 2.45) is 0 Å². The minimum atomic E-state index is -1.72. The molecule has 6 atom stereocenters. The van der Waals surface area contributed by atoms with E-state index >= 15 is 0 Å². The van der Waals surface area contributed by atoms with Gasteiger partial charge >= 0.3 is 0 Å². The molecule has 0 aromatic heterocycles. The summed E-state index contributed by atoms with van der Waals surface area (Å²) in [5.41, 5.74) is 2.20. The number of benzene rings is 2. The first-order chi connectivity index (χ1) is 15.9. The molecule has 0 radical (unpaired) electrons. The SMILES string of the molecule is CO[C@@]1(c2ccc(Cl)c(Cc3ccc(O[C@H]4CCOC4)cc3)c2)O[C@H](C(O)CO)[C@H](O)[C@H]1O. The number of hydrogen-bond acceptors (Lipinski definition) is 8. The Morgan fingerprint density at radius 3 is 2.58 bits per heavy atom. The topological polar surface area (TPSA) is 118 Å². The quantitative estimate of drug-likeness (QED) is 0.447. The van der Waals surface area contributed by atoms with Crippen LogP contribution in [0.1, 0.15) is 23.1 Å². The molecular weight excluding hydrogens is 452 g/mol. The molecule has 2 heterocycles. The summed E-state index contributed by atoms with van der Waals surface area (Å²) in [6.07, 6.45) is -4.08. The number of ether oxygens (including phenoxy) is 4. The van der Waals surface area contributed by atoms with E-state index in [1.54, 1.807) is 18.2 Å². The number of hydrogen-bond donors (Lipinski definition) is 4. The second-order valence-electron chi connectivity index (χ2n) is 8.37. The van der Waals surface area contributed by atoms with Gasteiger partial charge in [0.25, 0.3) is 0 Å². The first kappa shape index (κ1) is 24.4. The van der Waals surface area contributed by atoms with Crippen molar-refractivity contribution in [1.29, 1.82) is 0 Å². The van der Waals surface area contributed by atoms with Crippen molar-refractivity contribution in [2.75, 3.05) is 26.9 Å². The van der Waals surface area contributed by atoms with Gasteiger partial charge in [0.1, 0.15) is 36.3 Å². The van der Waals surface area contributed by atoms with Gasteiger partial charge in [-0.1, -0.05) is 29.8 Å². The number of methoxy groups -OCH3 is 1. The van der Waals surface area contributed by atoms with Crippen LogP contribution in [-0.2, 0) is 26.4 Å². The second-order valence-corrected chi connectivity index (χ2v) is 8.78. The summed E-state index contributed by atoms with van der Waals surface area (Å²) in [4.78, 5) is 0. The summed E-state index contributed by atoms with van der Waals surface area (Å²) < 4.78 is 22.5. The van der Waals surface area contributed by atoms with Crippen LogP contribution >= 0.6 is 11.6 Å². The van der Waals surface area contributed by atoms with E-state index in [2.05, 4.69) is 0 Å². The average molecular weight is 481 g/mol.